The van der Waals surface area contributed by atoms with Gasteiger partial charge in [-0.25, -0.2) is 4.98 Å². The fourth-order valence-corrected chi connectivity index (χ4v) is 2.31. The first-order chi connectivity index (χ1) is 11.2. The predicted octanol–water partition coefficient (Wildman–Crippen LogP) is 1.94. The van der Waals surface area contributed by atoms with E-state index in [1.807, 2.05) is 41.9 Å². The van der Waals surface area contributed by atoms with Gasteiger partial charge in [-0.05, 0) is 26.0 Å². The predicted molar refractivity (Wildman–Crippen MR) is 86.2 cm³/mol. The number of amides is 1. The van der Waals surface area contributed by atoms with E-state index in [0.29, 0.717) is 18.8 Å². The van der Waals surface area contributed by atoms with Gasteiger partial charge in [0.15, 0.2) is 0 Å². The average molecular weight is 313 g/mol. The first kappa shape index (κ1) is 15.2. The molecule has 0 aromatic carbocycles. The number of pyridine rings is 1. The number of imidazole rings is 1. The number of nitrogens with zero attached hydrogens (tertiary/aromatic N) is 4. The molecule has 0 aliphatic carbocycles. The zero-order valence-corrected chi connectivity index (χ0v) is 13.1. The zero-order valence-electron chi connectivity index (χ0n) is 13.1. The van der Waals surface area contributed by atoms with Crippen LogP contribution in [0.1, 0.15) is 19.5 Å². The second-order valence-corrected chi connectivity index (χ2v) is 5.21. The van der Waals surface area contributed by atoms with Crippen molar-refractivity contribution in [1.82, 2.24) is 19.2 Å². The molecule has 1 amide bonds. The smallest absolute Gasteiger partial charge is 0.253 e. The van der Waals surface area contributed by atoms with Crippen molar-refractivity contribution in [3.8, 4) is 0 Å². The van der Waals surface area contributed by atoms with Crippen molar-refractivity contribution in [1.29, 1.82) is 0 Å². The summed E-state index contributed by atoms with van der Waals surface area (Å²) in [7, 11) is 0. The number of hydrogen-bond donors (Lipinski definition) is 1. The Morgan fingerprint density at radius 3 is 3.04 bits per heavy atom. The Morgan fingerprint density at radius 2 is 2.26 bits per heavy atom. The molecule has 7 heteroatoms. The third-order valence-electron chi connectivity index (χ3n) is 3.42. The van der Waals surface area contributed by atoms with Gasteiger partial charge in [0.25, 0.3) is 5.91 Å². The van der Waals surface area contributed by atoms with E-state index in [-0.39, 0.29) is 5.91 Å². The molecule has 3 aromatic heterocycles. The van der Waals surface area contributed by atoms with Crippen molar-refractivity contribution in [3.05, 3.63) is 48.7 Å². The van der Waals surface area contributed by atoms with Crippen LogP contribution in [0.15, 0.2) is 43.0 Å². The lowest BCUT2D eigenvalue weighted by Crippen LogP contribution is -2.27. The third-order valence-corrected chi connectivity index (χ3v) is 3.42. The Kier molecular flexibility index (Phi) is 4.38. The molecule has 0 aliphatic heterocycles. The van der Waals surface area contributed by atoms with Gasteiger partial charge in [-0.15, -0.1) is 0 Å². The molecule has 3 aromatic rings. The second kappa shape index (κ2) is 6.62. The minimum Gasteiger partial charge on any atom is -0.369 e. The average Bonchev–Trinajstić information content (AvgIpc) is 3.13. The summed E-state index contributed by atoms with van der Waals surface area (Å²) in [5.41, 5.74) is 2.44. The van der Waals surface area contributed by atoms with Crippen molar-refractivity contribution < 1.29 is 9.53 Å². The Bertz CT molecular complexity index is 775. The standard InChI is InChI=1S/C16H19N5O2/c1-3-23-12(2)16(22)19-13-8-17-21(10-13)11-14-9-20-7-5-4-6-15(20)18-14/h4-10,12H,3,11H2,1-2H3,(H,19,22)/t12-/m1/s1. The van der Waals surface area contributed by atoms with Crippen LogP contribution in [0.2, 0.25) is 0 Å². The number of aromatic nitrogens is 4. The Morgan fingerprint density at radius 1 is 1.39 bits per heavy atom. The van der Waals surface area contributed by atoms with Gasteiger partial charge in [0.1, 0.15) is 11.8 Å². The first-order valence-corrected chi connectivity index (χ1v) is 7.53. The number of nitrogens with one attached hydrogen (secondary N) is 1. The van der Waals surface area contributed by atoms with Crippen LogP contribution in [-0.2, 0) is 16.1 Å². The molecule has 3 rings (SSSR count). The number of rotatable bonds is 6. The molecule has 0 fully saturated rings. The summed E-state index contributed by atoms with van der Waals surface area (Å²) < 4.78 is 8.96. The van der Waals surface area contributed by atoms with E-state index >= 15 is 0 Å². The molecule has 3 heterocycles. The van der Waals surface area contributed by atoms with Crippen molar-refractivity contribution >= 4 is 17.2 Å². The number of fused-ring (bicyclic) bond motifs is 1. The summed E-state index contributed by atoms with van der Waals surface area (Å²) >= 11 is 0. The number of hydrogen-bond acceptors (Lipinski definition) is 4. The molecule has 0 aliphatic rings. The summed E-state index contributed by atoms with van der Waals surface area (Å²) in [5.74, 6) is -0.181. The van der Waals surface area contributed by atoms with Crippen LogP contribution in [0, 0.1) is 0 Å². The number of carbonyl (C=O) groups excluding carboxylic acids is 1. The number of ether oxygens (including phenoxy) is 1. The maximum atomic E-state index is 11.9. The van der Waals surface area contributed by atoms with Crippen LogP contribution >= 0.6 is 0 Å². The van der Waals surface area contributed by atoms with Crippen LogP contribution in [0.3, 0.4) is 0 Å². The van der Waals surface area contributed by atoms with Gasteiger partial charge in [-0.1, -0.05) is 6.07 Å². The normalized spacial score (nSPS) is 12.4. The van der Waals surface area contributed by atoms with Crippen molar-refractivity contribution in [3.63, 3.8) is 0 Å². The van der Waals surface area contributed by atoms with Crippen LogP contribution in [0.4, 0.5) is 5.69 Å². The van der Waals surface area contributed by atoms with Gasteiger partial charge in [0.2, 0.25) is 0 Å². The Labute approximate surface area is 133 Å². The first-order valence-electron chi connectivity index (χ1n) is 7.53. The molecule has 1 atom stereocenters. The summed E-state index contributed by atoms with van der Waals surface area (Å²) in [5, 5.41) is 7.04. The number of anilines is 1. The van der Waals surface area contributed by atoms with Gasteiger partial charge < -0.3 is 14.5 Å². The van der Waals surface area contributed by atoms with Crippen LogP contribution in [0.25, 0.3) is 5.65 Å². The summed E-state index contributed by atoms with van der Waals surface area (Å²) in [6.07, 6.45) is 6.83. The van der Waals surface area contributed by atoms with Gasteiger partial charge in [0, 0.05) is 25.2 Å². The lowest BCUT2D eigenvalue weighted by atomic mass is 10.3. The molecular weight excluding hydrogens is 294 g/mol. The largest absolute Gasteiger partial charge is 0.369 e. The SMILES string of the molecule is CCO[C@H](C)C(=O)Nc1cnn(Cc2cn3ccccc3n2)c1. The molecule has 0 saturated carbocycles. The zero-order chi connectivity index (χ0) is 16.2. The summed E-state index contributed by atoms with van der Waals surface area (Å²) in [6.45, 7) is 4.62. The van der Waals surface area contributed by atoms with Gasteiger partial charge in [0.05, 0.1) is 24.1 Å². The highest BCUT2D eigenvalue weighted by molar-refractivity contribution is 5.93. The van der Waals surface area contributed by atoms with Gasteiger partial charge >= 0.3 is 0 Å². The number of carbonyl (C=O) groups is 1. The quantitative estimate of drug-likeness (QED) is 0.755. The molecule has 7 nitrogen and oxygen atoms in total. The molecule has 1 N–H and O–H groups in total. The van der Waals surface area contributed by atoms with E-state index in [1.165, 1.54) is 0 Å². The van der Waals surface area contributed by atoms with E-state index in [1.54, 1.807) is 24.0 Å². The van der Waals surface area contributed by atoms with Crippen molar-refractivity contribution in [2.75, 3.05) is 11.9 Å². The molecule has 0 bridgehead atoms. The fourth-order valence-electron chi connectivity index (χ4n) is 2.31. The molecule has 0 radical (unpaired) electrons. The highest BCUT2D eigenvalue weighted by atomic mass is 16.5. The van der Waals surface area contributed by atoms with Crippen LogP contribution in [-0.4, -0.2) is 37.8 Å². The fraction of sp³-hybridized carbons (Fsp3) is 0.312. The lowest BCUT2D eigenvalue weighted by molar-refractivity contribution is -0.126. The van der Waals surface area contributed by atoms with Crippen molar-refractivity contribution in [2.24, 2.45) is 0 Å². The maximum Gasteiger partial charge on any atom is 0.253 e. The highest BCUT2D eigenvalue weighted by Gasteiger charge is 2.13. The van der Waals surface area contributed by atoms with Crippen molar-refractivity contribution in [2.45, 2.75) is 26.5 Å². The van der Waals surface area contributed by atoms with Crippen LogP contribution < -0.4 is 5.32 Å². The minimum absolute atomic E-state index is 0.181. The van der Waals surface area contributed by atoms with E-state index in [9.17, 15) is 4.79 Å². The highest BCUT2D eigenvalue weighted by Crippen LogP contribution is 2.10. The van der Waals surface area contributed by atoms with Crippen LogP contribution in [0.5, 0.6) is 0 Å². The topological polar surface area (TPSA) is 73.5 Å². The molecule has 0 saturated heterocycles. The van der Waals surface area contributed by atoms with Gasteiger partial charge in [-0.3, -0.25) is 9.48 Å². The minimum atomic E-state index is -0.484. The lowest BCUT2D eigenvalue weighted by Gasteiger charge is -2.10. The summed E-state index contributed by atoms with van der Waals surface area (Å²) in [6, 6.07) is 5.86. The molecule has 23 heavy (non-hydrogen) atoms. The molecule has 0 spiro atoms. The monoisotopic (exact) mass is 313 g/mol. The third kappa shape index (κ3) is 3.57. The maximum absolute atomic E-state index is 11.9. The van der Waals surface area contributed by atoms with E-state index in [2.05, 4.69) is 15.4 Å². The Hall–Kier alpha value is -2.67. The summed E-state index contributed by atoms with van der Waals surface area (Å²) in [4.78, 5) is 16.4. The second-order valence-electron chi connectivity index (χ2n) is 5.21. The van der Waals surface area contributed by atoms with E-state index in [4.69, 9.17) is 4.74 Å². The Balaban J connectivity index is 1.66. The molecular formula is C16H19N5O2. The van der Waals surface area contributed by atoms with E-state index in [0.717, 1.165) is 11.3 Å². The molecule has 0 unspecified atom stereocenters. The van der Waals surface area contributed by atoms with Gasteiger partial charge in [-0.2, -0.15) is 5.10 Å². The molecule has 120 valence electrons. The van der Waals surface area contributed by atoms with E-state index < -0.39 is 6.10 Å².